The van der Waals surface area contributed by atoms with Gasteiger partial charge in [-0.05, 0) is 30.5 Å². The quantitative estimate of drug-likeness (QED) is 0.929. The monoisotopic (exact) mass is 313 g/mol. The van der Waals surface area contributed by atoms with Gasteiger partial charge in [0.2, 0.25) is 0 Å². The number of rotatable bonds is 3. The molecule has 0 aliphatic heterocycles. The first-order valence-electron chi connectivity index (χ1n) is 6.27. The third-order valence-electron chi connectivity index (χ3n) is 3.67. The molecule has 1 aromatic rings. The van der Waals surface area contributed by atoms with Crippen LogP contribution in [0.2, 0.25) is 0 Å². The molecule has 1 aliphatic carbocycles. The SMILES string of the molecule is NC1(C(=O)Cc2ccc(F)cc2Br)CCCCC1. The van der Waals surface area contributed by atoms with Crippen LogP contribution < -0.4 is 5.73 Å². The molecule has 2 rings (SSSR count). The van der Waals surface area contributed by atoms with Gasteiger partial charge in [0.25, 0.3) is 0 Å². The van der Waals surface area contributed by atoms with Crippen molar-refractivity contribution in [1.29, 1.82) is 0 Å². The average molecular weight is 314 g/mol. The molecule has 4 heteroatoms. The second-order valence-corrected chi connectivity index (χ2v) is 5.91. The van der Waals surface area contributed by atoms with Crippen molar-refractivity contribution in [1.82, 2.24) is 0 Å². The highest BCUT2D eigenvalue weighted by Gasteiger charge is 2.34. The molecule has 0 atom stereocenters. The molecule has 0 bridgehead atoms. The molecule has 1 aliphatic rings. The summed E-state index contributed by atoms with van der Waals surface area (Å²) >= 11 is 3.28. The number of Topliss-reactive ketones (excluding diaryl/α,β-unsaturated/α-hetero) is 1. The Balaban J connectivity index is 2.11. The van der Waals surface area contributed by atoms with Gasteiger partial charge >= 0.3 is 0 Å². The Labute approximate surface area is 115 Å². The number of carbonyl (C=O) groups is 1. The summed E-state index contributed by atoms with van der Waals surface area (Å²) in [6.07, 6.45) is 5.01. The fraction of sp³-hybridized carbons (Fsp3) is 0.500. The van der Waals surface area contributed by atoms with Crippen molar-refractivity contribution >= 4 is 21.7 Å². The number of benzene rings is 1. The van der Waals surface area contributed by atoms with Crippen LogP contribution in [0.5, 0.6) is 0 Å². The average Bonchev–Trinajstić information content (AvgIpc) is 2.33. The maximum atomic E-state index is 13.0. The lowest BCUT2D eigenvalue weighted by Gasteiger charge is -2.32. The minimum Gasteiger partial charge on any atom is -0.319 e. The van der Waals surface area contributed by atoms with E-state index in [0.717, 1.165) is 37.7 Å². The number of ketones is 1. The van der Waals surface area contributed by atoms with Crippen LogP contribution in [-0.4, -0.2) is 11.3 Å². The minimum atomic E-state index is -0.675. The van der Waals surface area contributed by atoms with Crippen LogP contribution >= 0.6 is 15.9 Å². The fourth-order valence-electron chi connectivity index (χ4n) is 2.48. The van der Waals surface area contributed by atoms with Crippen molar-refractivity contribution < 1.29 is 9.18 Å². The molecule has 0 heterocycles. The predicted octanol–water partition coefficient (Wildman–Crippen LogP) is 3.36. The van der Waals surface area contributed by atoms with Crippen molar-refractivity contribution in [3.05, 3.63) is 34.1 Å². The molecule has 1 aromatic carbocycles. The molecule has 0 aromatic heterocycles. The Kier molecular flexibility index (Phi) is 4.17. The summed E-state index contributed by atoms with van der Waals surface area (Å²) in [6.45, 7) is 0. The summed E-state index contributed by atoms with van der Waals surface area (Å²) in [4.78, 5) is 12.3. The van der Waals surface area contributed by atoms with E-state index in [-0.39, 0.29) is 18.0 Å². The first-order valence-corrected chi connectivity index (χ1v) is 7.07. The van der Waals surface area contributed by atoms with E-state index in [1.54, 1.807) is 6.07 Å². The van der Waals surface area contributed by atoms with Gasteiger partial charge in [0.05, 0.1) is 5.54 Å². The maximum Gasteiger partial charge on any atom is 0.157 e. The van der Waals surface area contributed by atoms with Gasteiger partial charge in [-0.15, -0.1) is 0 Å². The normalized spacial score (nSPS) is 18.6. The summed E-state index contributed by atoms with van der Waals surface area (Å²) in [5.41, 5.74) is 6.32. The third-order valence-corrected chi connectivity index (χ3v) is 4.41. The van der Waals surface area contributed by atoms with Crippen molar-refractivity contribution in [3.63, 3.8) is 0 Å². The number of nitrogens with two attached hydrogens (primary N) is 1. The van der Waals surface area contributed by atoms with E-state index in [4.69, 9.17) is 5.73 Å². The summed E-state index contributed by atoms with van der Waals surface area (Å²) in [5, 5.41) is 0. The van der Waals surface area contributed by atoms with Crippen molar-refractivity contribution in [3.8, 4) is 0 Å². The topological polar surface area (TPSA) is 43.1 Å². The van der Waals surface area contributed by atoms with Crippen LogP contribution in [0, 0.1) is 5.82 Å². The van der Waals surface area contributed by atoms with E-state index >= 15 is 0 Å². The predicted molar refractivity (Wildman–Crippen MR) is 72.8 cm³/mol. The lowest BCUT2D eigenvalue weighted by atomic mass is 9.78. The van der Waals surface area contributed by atoms with Crippen LogP contribution in [0.4, 0.5) is 4.39 Å². The molecule has 0 saturated heterocycles. The lowest BCUT2D eigenvalue weighted by Crippen LogP contribution is -2.50. The highest BCUT2D eigenvalue weighted by atomic mass is 79.9. The van der Waals surface area contributed by atoms with E-state index in [1.807, 2.05) is 0 Å². The smallest absolute Gasteiger partial charge is 0.157 e. The van der Waals surface area contributed by atoms with Crippen molar-refractivity contribution in [2.45, 2.75) is 44.1 Å². The third kappa shape index (κ3) is 2.98. The standard InChI is InChI=1S/C14H17BrFNO/c15-12-9-11(16)5-4-10(12)8-13(18)14(17)6-2-1-3-7-14/h4-5,9H,1-3,6-8,17H2. The van der Waals surface area contributed by atoms with E-state index in [0.29, 0.717) is 4.47 Å². The van der Waals surface area contributed by atoms with Gasteiger partial charge in [0.15, 0.2) is 5.78 Å². The molecule has 2 nitrogen and oxygen atoms in total. The van der Waals surface area contributed by atoms with Gasteiger partial charge in [0.1, 0.15) is 5.82 Å². The molecule has 1 fully saturated rings. The Hall–Kier alpha value is -0.740. The number of halogens is 2. The van der Waals surface area contributed by atoms with Crippen molar-refractivity contribution in [2.75, 3.05) is 0 Å². The fourth-order valence-corrected chi connectivity index (χ4v) is 2.97. The van der Waals surface area contributed by atoms with E-state index in [1.165, 1.54) is 12.1 Å². The number of hydrogen-bond acceptors (Lipinski definition) is 2. The zero-order chi connectivity index (χ0) is 13.2. The summed E-state index contributed by atoms with van der Waals surface area (Å²) < 4.78 is 13.6. The highest BCUT2D eigenvalue weighted by molar-refractivity contribution is 9.10. The lowest BCUT2D eigenvalue weighted by molar-refractivity contribution is -0.124. The van der Waals surface area contributed by atoms with Crippen LogP contribution in [0.15, 0.2) is 22.7 Å². The van der Waals surface area contributed by atoms with E-state index in [2.05, 4.69) is 15.9 Å². The molecule has 0 spiro atoms. The van der Waals surface area contributed by atoms with Gasteiger partial charge < -0.3 is 5.73 Å². The molecular weight excluding hydrogens is 297 g/mol. The number of carbonyl (C=O) groups excluding carboxylic acids is 1. The Morgan fingerprint density at radius 3 is 2.61 bits per heavy atom. The zero-order valence-corrected chi connectivity index (χ0v) is 11.8. The second-order valence-electron chi connectivity index (χ2n) is 5.05. The minimum absolute atomic E-state index is 0.0644. The summed E-state index contributed by atoms with van der Waals surface area (Å²) in [6, 6.07) is 4.40. The van der Waals surface area contributed by atoms with Crippen LogP contribution in [0.1, 0.15) is 37.7 Å². The molecule has 0 radical (unpaired) electrons. The van der Waals surface area contributed by atoms with Crippen molar-refractivity contribution in [2.24, 2.45) is 5.73 Å². The molecule has 1 saturated carbocycles. The van der Waals surface area contributed by atoms with E-state index < -0.39 is 5.54 Å². The Morgan fingerprint density at radius 2 is 2.00 bits per heavy atom. The molecular formula is C14H17BrFNO. The maximum absolute atomic E-state index is 13.0. The van der Waals surface area contributed by atoms with E-state index in [9.17, 15) is 9.18 Å². The van der Waals surface area contributed by atoms with Gasteiger partial charge in [0, 0.05) is 10.9 Å². The Morgan fingerprint density at radius 1 is 1.33 bits per heavy atom. The Bertz CT molecular complexity index is 455. The second kappa shape index (κ2) is 5.49. The van der Waals surface area contributed by atoms with Gasteiger partial charge in [-0.25, -0.2) is 4.39 Å². The summed E-state index contributed by atoms with van der Waals surface area (Å²) in [5.74, 6) is -0.243. The van der Waals surface area contributed by atoms with Crippen LogP contribution in [0.3, 0.4) is 0 Å². The highest BCUT2D eigenvalue weighted by Crippen LogP contribution is 2.29. The summed E-state index contributed by atoms with van der Waals surface area (Å²) in [7, 11) is 0. The first kappa shape index (κ1) is 13.7. The van der Waals surface area contributed by atoms with Gasteiger partial charge in [-0.2, -0.15) is 0 Å². The van der Waals surface area contributed by atoms with Crippen LogP contribution in [0.25, 0.3) is 0 Å². The van der Waals surface area contributed by atoms with Gasteiger partial charge in [-0.1, -0.05) is 41.3 Å². The van der Waals surface area contributed by atoms with Gasteiger partial charge in [-0.3, -0.25) is 4.79 Å². The first-order chi connectivity index (χ1) is 8.51. The molecule has 0 unspecified atom stereocenters. The molecule has 0 amide bonds. The molecule has 18 heavy (non-hydrogen) atoms. The largest absolute Gasteiger partial charge is 0.319 e. The van der Waals surface area contributed by atoms with Crippen LogP contribution in [-0.2, 0) is 11.2 Å². The molecule has 98 valence electrons. The zero-order valence-electron chi connectivity index (χ0n) is 10.2. The number of hydrogen-bond donors (Lipinski definition) is 1. The molecule has 2 N–H and O–H groups in total.